The largest absolute Gasteiger partial charge is 0.495 e. The molecular formula is C25H19ClN4O3S. The van der Waals surface area contributed by atoms with Crippen LogP contribution in [0.4, 0.5) is 0 Å². The highest BCUT2D eigenvalue weighted by Crippen LogP contribution is 2.29. The van der Waals surface area contributed by atoms with Gasteiger partial charge in [0.1, 0.15) is 11.6 Å². The molecule has 0 aliphatic rings. The van der Waals surface area contributed by atoms with Gasteiger partial charge in [-0.3, -0.25) is 14.2 Å². The molecular weight excluding hydrogens is 472 g/mol. The Morgan fingerprint density at radius 2 is 1.82 bits per heavy atom. The Labute approximate surface area is 203 Å². The van der Waals surface area contributed by atoms with Crippen molar-refractivity contribution in [1.82, 2.24) is 19.5 Å². The van der Waals surface area contributed by atoms with E-state index in [9.17, 15) is 9.59 Å². The first-order chi connectivity index (χ1) is 16.5. The quantitative estimate of drug-likeness (QED) is 0.279. The third-order valence-electron chi connectivity index (χ3n) is 5.46. The van der Waals surface area contributed by atoms with E-state index in [1.807, 2.05) is 25.1 Å². The lowest BCUT2D eigenvalue weighted by atomic mass is 10.1. The lowest BCUT2D eigenvalue weighted by Gasteiger charge is -2.14. The number of ether oxygens (including phenoxy) is 1. The van der Waals surface area contributed by atoms with Crippen molar-refractivity contribution in [2.75, 3.05) is 7.11 Å². The van der Waals surface area contributed by atoms with E-state index in [4.69, 9.17) is 21.3 Å². The molecule has 2 heterocycles. The summed E-state index contributed by atoms with van der Waals surface area (Å²) in [6, 6.07) is 17.8. The smallest absolute Gasteiger partial charge is 0.266 e. The van der Waals surface area contributed by atoms with Crippen LogP contribution >= 0.6 is 23.4 Å². The molecule has 0 aliphatic heterocycles. The van der Waals surface area contributed by atoms with Crippen LogP contribution < -0.4 is 15.9 Å². The molecule has 0 saturated carbocycles. The summed E-state index contributed by atoms with van der Waals surface area (Å²) in [5.41, 5.74) is 2.31. The molecule has 0 saturated heterocycles. The van der Waals surface area contributed by atoms with E-state index < -0.39 is 0 Å². The summed E-state index contributed by atoms with van der Waals surface area (Å²) in [6.07, 6.45) is 0. The second-order valence-electron chi connectivity index (χ2n) is 7.64. The molecule has 0 bridgehead atoms. The summed E-state index contributed by atoms with van der Waals surface area (Å²) in [5.74, 6) is 1.32. The molecule has 0 atom stereocenters. The summed E-state index contributed by atoms with van der Waals surface area (Å²) >= 11 is 7.65. The highest BCUT2D eigenvalue weighted by Gasteiger charge is 2.16. The van der Waals surface area contributed by atoms with Gasteiger partial charge in [0, 0.05) is 0 Å². The molecule has 5 rings (SSSR count). The second kappa shape index (κ2) is 8.96. The van der Waals surface area contributed by atoms with Crippen molar-refractivity contribution >= 4 is 45.2 Å². The summed E-state index contributed by atoms with van der Waals surface area (Å²) in [4.78, 5) is 38.3. The molecule has 0 amide bonds. The van der Waals surface area contributed by atoms with Crippen LogP contribution in [0.1, 0.15) is 11.4 Å². The Bertz CT molecular complexity index is 1680. The zero-order chi connectivity index (χ0) is 23.8. The lowest BCUT2D eigenvalue weighted by Crippen LogP contribution is -2.22. The molecule has 9 heteroatoms. The second-order valence-corrected chi connectivity index (χ2v) is 8.99. The number of benzene rings is 3. The van der Waals surface area contributed by atoms with Gasteiger partial charge in [-0.05, 0) is 48.9 Å². The van der Waals surface area contributed by atoms with Gasteiger partial charge in [-0.15, -0.1) is 0 Å². The third kappa shape index (κ3) is 3.95. The van der Waals surface area contributed by atoms with Gasteiger partial charge in [0.15, 0.2) is 5.16 Å². The van der Waals surface area contributed by atoms with Crippen LogP contribution in [0.2, 0.25) is 5.02 Å². The first-order valence-corrected chi connectivity index (χ1v) is 11.8. The predicted octanol–water partition coefficient (Wildman–Crippen LogP) is 4.88. The Balaban J connectivity index is 1.62. The highest BCUT2D eigenvalue weighted by atomic mass is 35.5. The molecule has 3 aromatic carbocycles. The zero-order valence-corrected chi connectivity index (χ0v) is 19.9. The fourth-order valence-corrected chi connectivity index (χ4v) is 4.92. The number of hydrogen-bond acceptors (Lipinski definition) is 6. The zero-order valence-electron chi connectivity index (χ0n) is 18.3. The van der Waals surface area contributed by atoms with E-state index in [2.05, 4.69) is 9.97 Å². The molecule has 0 radical (unpaired) electrons. The number of nitrogens with zero attached hydrogens (tertiary/aromatic N) is 3. The van der Waals surface area contributed by atoms with Gasteiger partial charge in [-0.2, -0.15) is 0 Å². The number of aryl methyl sites for hydroxylation is 1. The van der Waals surface area contributed by atoms with Crippen molar-refractivity contribution in [3.8, 4) is 11.4 Å². The summed E-state index contributed by atoms with van der Waals surface area (Å²) in [6.45, 7) is 1.92. The Hall–Kier alpha value is -3.62. The van der Waals surface area contributed by atoms with Gasteiger partial charge >= 0.3 is 0 Å². The van der Waals surface area contributed by atoms with Crippen molar-refractivity contribution < 1.29 is 4.74 Å². The molecule has 0 aliphatic carbocycles. The van der Waals surface area contributed by atoms with Crippen molar-refractivity contribution in [3.05, 3.63) is 97.8 Å². The number of aromatic amines is 1. The average Bonchev–Trinajstić information content (AvgIpc) is 2.83. The Morgan fingerprint density at radius 3 is 2.62 bits per heavy atom. The van der Waals surface area contributed by atoms with Crippen LogP contribution in [0.15, 0.2) is 75.4 Å². The molecule has 1 N–H and O–H groups in total. The molecule has 0 spiro atoms. The molecule has 0 fully saturated rings. The Morgan fingerprint density at radius 1 is 1.03 bits per heavy atom. The standard InChI is InChI=1S/C25H19ClN4O3S/c1-14-6-5-8-17-22(14)28-21(29-23(17)31)13-34-25-27-19-9-4-3-7-16(19)24(32)30(25)15-10-11-20(33-2)18(26)12-15/h3-12H,13H2,1-2H3,(H,28,29,31). The minimum atomic E-state index is -0.217. The van der Waals surface area contributed by atoms with Crippen molar-refractivity contribution in [3.63, 3.8) is 0 Å². The van der Waals surface area contributed by atoms with E-state index >= 15 is 0 Å². The molecule has 5 aromatic rings. The number of fused-ring (bicyclic) bond motifs is 2. The van der Waals surface area contributed by atoms with E-state index in [0.29, 0.717) is 55.0 Å². The monoisotopic (exact) mass is 490 g/mol. The van der Waals surface area contributed by atoms with Crippen molar-refractivity contribution in [1.29, 1.82) is 0 Å². The maximum Gasteiger partial charge on any atom is 0.266 e. The normalized spacial score (nSPS) is 11.3. The van der Waals surface area contributed by atoms with E-state index in [1.165, 1.54) is 23.4 Å². The average molecular weight is 491 g/mol. The number of nitrogens with one attached hydrogen (secondary N) is 1. The summed E-state index contributed by atoms with van der Waals surface area (Å²) in [5, 5.41) is 1.87. The van der Waals surface area contributed by atoms with Crippen LogP contribution in [-0.4, -0.2) is 26.6 Å². The number of rotatable bonds is 5. The van der Waals surface area contributed by atoms with Gasteiger partial charge < -0.3 is 9.72 Å². The third-order valence-corrected chi connectivity index (χ3v) is 6.71. The topological polar surface area (TPSA) is 89.9 Å². The number of halogens is 1. The van der Waals surface area contributed by atoms with Crippen LogP contribution in [-0.2, 0) is 5.75 Å². The first-order valence-electron chi connectivity index (χ1n) is 10.4. The van der Waals surface area contributed by atoms with Crippen LogP contribution in [0.25, 0.3) is 27.5 Å². The molecule has 7 nitrogen and oxygen atoms in total. The van der Waals surface area contributed by atoms with Gasteiger partial charge in [0.2, 0.25) is 0 Å². The summed E-state index contributed by atoms with van der Waals surface area (Å²) < 4.78 is 6.76. The maximum atomic E-state index is 13.5. The van der Waals surface area contributed by atoms with Crippen LogP contribution in [0.3, 0.4) is 0 Å². The molecule has 0 unspecified atom stereocenters. The minimum absolute atomic E-state index is 0.199. The molecule has 170 valence electrons. The minimum Gasteiger partial charge on any atom is -0.495 e. The van der Waals surface area contributed by atoms with Gasteiger partial charge in [-0.25, -0.2) is 9.97 Å². The van der Waals surface area contributed by atoms with Crippen molar-refractivity contribution in [2.45, 2.75) is 17.8 Å². The van der Waals surface area contributed by atoms with Crippen molar-refractivity contribution in [2.24, 2.45) is 0 Å². The SMILES string of the molecule is COc1ccc(-n2c(SCc3nc4c(C)cccc4c(=O)[nH]3)nc3ccccc3c2=O)cc1Cl. The number of thioether (sulfide) groups is 1. The maximum absolute atomic E-state index is 13.5. The highest BCUT2D eigenvalue weighted by molar-refractivity contribution is 7.98. The Kier molecular flexibility index (Phi) is 5.85. The summed E-state index contributed by atoms with van der Waals surface area (Å²) in [7, 11) is 1.53. The molecule has 2 aromatic heterocycles. The number of H-pyrrole nitrogens is 1. The van der Waals surface area contributed by atoms with E-state index in [0.717, 1.165) is 5.56 Å². The number of aromatic nitrogens is 4. The lowest BCUT2D eigenvalue weighted by molar-refractivity contribution is 0.415. The van der Waals surface area contributed by atoms with E-state index in [-0.39, 0.29) is 11.1 Å². The van der Waals surface area contributed by atoms with Gasteiger partial charge in [-0.1, -0.05) is 47.6 Å². The van der Waals surface area contributed by atoms with Gasteiger partial charge in [0.25, 0.3) is 11.1 Å². The number of hydrogen-bond donors (Lipinski definition) is 1. The first kappa shape index (κ1) is 22.2. The van der Waals surface area contributed by atoms with E-state index in [1.54, 1.807) is 42.5 Å². The number of para-hydroxylation sites is 2. The fourth-order valence-electron chi connectivity index (χ4n) is 3.78. The number of methoxy groups -OCH3 is 1. The predicted molar refractivity (Wildman–Crippen MR) is 136 cm³/mol. The van der Waals surface area contributed by atoms with Gasteiger partial charge in [0.05, 0.1) is 45.4 Å². The van der Waals surface area contributed by atoms with Crippen LogP contribution in [0, 0.1) is 6.92 Å². The molecule has 34 heavy (non-hydrogen) atoms. The van der Waals surface area contributed by atoms with Crippen LogP contribution in [0.5, 0.6) is 5.75 Å². The fraction of sp³-hybridized carbons (Fsp3) is 0.120.